The fourth-order valence-corrected chi connectivity index (χ4v) is 4.00. The smallest absolute Gasteiger partial charge is 0.291 e. The first kappa shape index (κ1) is 22.1. The van der Waals surface area contributed by atoms with Gasteiger partial charge in [-0.25, -0.2) is 5.43 Å². The van der Waals surface area contributed by atoms with Crippen molar-refractivity contribution in [2.75, 3.05) is 12.4 Å². The zero-order valence-corrected chi connectivity index (χ0v) is 19.9. The third-order valence-corrected chi connectivity index (χ3v) is 6.00. The van der Waals surface area contributed by atoms with Gasteiger partial charge in [0.25, 0.3) is 11.8 Å². The number of furan rings is 1. The van der Waals surface area contributed by atoms with Gasteiger partial charge in [-0.05, 0) is 90.9 Å². The van der Waals surface area contributed by atoms with Crippen LogP contribution in [0, 0.1) is 10.5 Å². The second-order valence-electron chi connectivity index (χ2n) is 7.40. The van der Waals surface area contributed by atoms with Crippen LogP contribution in [0.5, 0.6) is 5.75 Å². The van der Waals surface area contributed by atoms with Crippen LogP contribution in [0.25, 0.3) is 0 Å². The number of amides is 2. The van der Waals surface area contributed by atoms with E-state index in [1.807, 2.05) is 31.2 Å². The predicted molar refractivity (Wildman–Crippen MR) is 130 cm³/mol. The van der Waals surface area contributed by atoms with E-state index in [0.29, 0.717) is 29.1 Å². The monoisotopic (exact) mass is 543 g/mol. The average Bonchev–Trinajstić information content (AvgIpc) is 3.16. The second-order valence-corrected chi connectivity index (χ2v) is 8.64. The highest BCUT2D eigenvalue weighted by molar-refractivity contribution is 14.1. The van der Waals surface area contributed by atoms with E-state index in [2.05, 4.69) is 38.4 Å². The summed E-state index contributed by atoms with van der Waals surface area (Å²) in [6.07, 6.45) is 2.24. The normalized spacial score (nSPS) is 14.0. The second kappa shape index (κ2) is 9.56. The van der Waals surface area contributed by atoms with Crippen molar-refractivity contribution in [1.29, 1.82) is 0 Å². The summed E-state index contributed by atoms with van der Waals surface area (Å²) in [6.45, 7) is 1.84. The van der Waals surface area contributed by atoms with Gasteiger partial charge < -0.3 is 14.5 Å². The zero-order valence-electron chi connectivity index (χ0n) is 17.7. The van der Waals surface area contributed by atoms with E-state index in [9.17, 15) is 9.59 Å². The number of carbonyl (C=O) groups is 2. The SMILES string of the molecule is COc1ccc(C(=O)N/N=C2\CCCc3oc(C(=O)Nc4ccc(I)cc4)c(C)c32)cc1. The first-order valence-corrected chi connectivity index (χ1v) is 11.2. The van der Waals surface area contributed by atoms with Crippen molar-refractivity contribution in [3.8, 4) is 5.75 Å². The largest absolute Gasteiger partial charge is 0.497 e. The van der Waals surface area contributed by atoms with Crippen molar-refractivity contribution in [3.05, 3.63) is 80.3 Å². The van der Waals surface area contributed by atoms with Gasteiger partial charge in [0.15, 0.2) is 5.76 Å². The Balaban J connectivity index is 1.53. The molecule has 0 spiro atoms. The molecule has 164 valence electrons. The first-order valence-electron chi connectivity index (χ1n) is 10.2. The molecule has 2 amide bonds. The summed E-state index contributed by atoms with van der Waals surface area (Å²) in [5, 5.41) is 7.24. The molecule has 0 bridgehead atoms. The molecule has 3 aromatic rings. The number of benzene rings is 2. The van der Waals surface area contributed by atoms with Crippen molar-refractivity contribution in [3.63, 3.8) is 0 Å². The average molecular weight is 543 g/mol. The van der Waals surface area contributed by atoms with Crippen molar-refractivity contribution < 1.29 is 18.7 Å². The van der Waals surface area contributed by atoms with Crippen LogP contribution in [0.3, 0.4) is 0 Å². The predicted octanol–water partition coefficient (Wildman–Crippen LogP) is 4.92. The fraction of sp³-hybridized carbons (Fsp3) is 0.208. The molecule has 1 aliphatic carbocycles. The summed E-state index contributed by atoms with van der Waals surface area (Å²) in [4.78, 5) is 25.3. The number of carbonyl (C=O) groups excluding carboxylic acids is 2. The van der Waals surface area contributed by atoms with Crippen LogP contribution in [-0.2, 0) is 6.42 Å². The minimum absolute atomic E-state index is 0.268. The lowest BCUT2D eigenvalue weighted by atomic mass is 9.93. The number of fused-ring (bicyclic) bond motifs is 1. The fourth-order valence-electron chi connectivity index (χ4n) is 3.64. The standard InChI is InChI=1S/C24H22IN3O4/c1-14-21-19(27-28-23(29)15-6-12-18(31-2)13-7-15)4-3-5-20(21)32-22(14)24(30)26-17-10-8-16(25)9-11-17/h6-13H,3-5H2,1-2H3,(H,26,30)(H,28,29)/b27-19+. The molecule has 1 heterocycles. The van der Waals surface area contributed by atoms with Gasteiger partial charge in [-0.2, -0.15) is 5.10 Å². The van der Waals surface area contributed by atoms with Crippen LogP contribution < -0.4 is 15.5 Å². The number of halogens is 1. The van der Waals surface area contributed by atoms with Crippen LogP contribution in [-0.4, -0.2) is 24.6 Å². The Bertz CT molecular complexity index is 1180. The lowest BCUT2D eigenvalue weighted by Crippen LogP contribution is -2.22. The number of hydrazone groups is 1. The number of ether oxygens (including phenoxy) is 1. The van der Waals surface area contributed by atoms with E-state index >= 15 is 0 Å². The minimum atomic E-state index is -0.315. The molecule has 7 nitrogen and oxygen atoms in total. The van der Waals surface area contributed by atoms with Crippen LogP contribution in [0.4, 0.5) is 5.69 Å². The van der Waals surface area contributed by atoms with Gasteiger partial charge in [0.05, 0.1) is 12.8 Å². The van der Waals surface area contributed by atoms with E-state index in [-0.39, 0.29) is 17.6 Å². The molecule has 0 radical (unpaired) electrons. The maximum Gasteiger partial charge on any atom is 0.291 e. The molecule has 1 aliphatic rings. The van der Waals surface area contributed by atoms with Gasteiger partial charge >= 0.3 is 0 Å². The molecule has 0 fully saturated rings. The molecule has 2 aromatic carbocycles. The summed E-state index contributed by atoms with van der Waals surface area (Å²) in [6, 6.07) is 14.3. The van der Waals surface area contributed by atoms with Gasteiger partial charge in [-0.3, -0.25) is 9.59 Å². The van der Waals surface area contributed by atoms with Crippen molar-refractivity contribution in [2.24, 2.45) is 5.10 Å². The Labute approximate surface area is 199 Å². The van der Waals surface area contributed by atoms with Gasteiger partial charge in [0.2, 0.25) is 0 Å². The molecule has 1 aromatic heterocycles. The quantitative estimate of drug-likeness (QED) is 0.353. The van der Waals surface area contributed by atoms with Gasteiger partial charge in [-0.15, -0.1) is 0 Å². The number of rotatable bonds is 5. The van der Waals surface area contributed by atoms with Gasteiger partial charge in [0.1, 0.15) is 11.5 Å². The maximum absolute atomic E-state index is 12.8. The first-order chi connectivity index (χ1) is 15.5. The van der Waals surface area contributed by atoms with E-state index in [0.717, 1.165) is 33.3 Å². The molecule has 0 aliphatic heterocycles. The number of aryl methyl sites for hydroxylation is 1. The number of nitrogens with zero attached hydrogens (tertiary/aromatic N) is 1. The Morgan fingerprint density at radius 1 is 1.03 bits per heavy atom. The summed E-state index contributed by atoms with van der Waals surface area (Å²) in [7, 11) is 1.57. The van der Waals surface area contributed by atoms with Gasteiger partial charge in [-0.1, -0.05) is 0 Å². The van der Waals surface area contributed by atoms with Crippen molar-refractivity contribution in [1.82, 2.24) is 5.43 Å². The molecule has 2 N–H and O–H groups in total. The van der Waals surface area contributed by atoms with E-state index in [1.54, 1.807) is 31.4 Å². The summed E-state index contributed by atoms with van der Waals surface area (Å²) >= 11 is 2.21. The van der Waals surface area contributed by atoms with Crippen LogP contribution in [0.15, 0.2) is 58.0 Å². The van der Waals surface area contributed by atoms with Crippen LogP contribution in [0.2, 0.25) is 0 Å². The molecule has 0 unspecified atom stereocenters. The van der Waals surface area contributed by atoms with Crippen molar-refractivity contribution >= 4 is 45.8 Å². The van der Waals surface area contributed by atoms with E-state index < -0.39 is 0 Å². The Morgan fingerprint density at radius 3 is 2.44 bits per heavy atom. The molecular formula is C24H22IN3O4. The molecule has 0 atom stereocenters. The summed E-state index contributed by atoms with van der Waals surface area (Å²) < 4.78 is 12.1. The number of anilines is 1. The maximum atomic E-state index is 12.8. The Hall–Kier alpha value is -3.14. The highest BCUT2D eigenvalue weighted by atomic mass is 127. The van der Waals surface area contributed by atoms with Crippen LogP contribution >= 0.6 is 22.6 Å². The van der Waals surface area contributed by atoms with Crippen molar-refractivity contribution in [2.45, 2.75) is 26.2 Å². The van der Waals surface area contributed by atoms with E-state index in [1.165, 1.54) is 0 Å². The summed E-state index contributed by atoms with van der Waals surface area (Å²) in [5.74, 6) is 1.04. The highest BCUT2D eigenvalue weighted by Crippen LogP contribution is 2.30. The number of hydrogen-bond acceptors (Lipinski definition) is 5. The highest BCUT2D eigenvalue weighted by Gasteiger charge is 2.28. The topological polar surface area (TPSA) is 92.9 Å². The number of methoxy groups -OCH3 is 1. The molecule has 4 rings (SSSR count). The number of hydrogen-bond donors (Lipinski definition) is 2. The summed E-state index contributed by atoms with van der Waals surface area (Å²) in [5.41, 5.74) is 6.04. The lowest BCUT2D eigenvalue weighted by molar-refractivity contribution is 0.0953. The molecular weight excluding hydrogens is 521 g/mol. The van der Waals surface area contributed by atoms with Gasteiger partial charge in [0, 0.05) is 32.4 Å². The molecule has 8 heteroatoms. The Morgan fingerprint density at radius 2 is 1.75 bits per heavy atom. The molecule has 0 saturated carbocycles. The number of nitrogens with one attached hydrogen (secondary N) is 2. The minimum Gasteiger partial charge on any atom is -0.497 e. The zero-order chi connectivity index (χ0) is 22.7. The Kier molecular flexibility index (Phi) is 6.59. The molecule has 0 saturated heterocycles. The lowest BCUT2D eigenvalue weighted by Gasteiger charge is -2.13. The third kappa shape index (κ3) is 4.69. The van der Waals surface area contributed by atoms with Crippen LogP contribution in [0.1, 0.15) is 50.6 Å². The molecule has 32 heavy (non-hydrogen) atoms. The third-order valence-electron chi connectivity index (χ3n) is 5.28. The van der Waals surface area contributed by atoms with E-state index in [4.69, 9.17) is 9.15 Å².